The largest absolute Gasteiger partial charge is 0.493 e. The van der Waals surface area contributed by atoms with Crippen LogP contribution in [0.3, 0.4) is 0 Å². The molecule has 0 saturated carbocycles. The van der Waals surface area contributed by atoms with Crippen LogP contribution in [0, 0.1) is 0 Å². The second kappa shape index (κ2) is 10.2. The molecule has 0 bridgehead atoms. The van der Waals surface area contributed by atoms with E-state index in [2.05, 4.69) is 29.2 Å². The normalized spacial score (nSPS) is 13.8. The van der Waals surface area contributed by atoms with Gasteiger partial charge in [0.1, 0.15) is 0 Å². The highest BCUT2D eigenvalue weighted by atomic mass is 16.5. The van der Waals surface area contributed by atoms with Crippen molar-refractivity contribution in [3.05, 3.63) is 53.6 Å². The van der Waals surface area contributed by atoms with E-state index in [1.807, 2.05) is 25.2 Å². The highest BCUT2D eigenvalue weighted by Crippen LogP contribution is 2.28. The molecule has 0 aliphatic carbocycles. The van der Waals surface area contributed by atoms with E-state index in [9.17, 15) is 4.79 Å². The fourth-order valence-corrected chi connectivity index (χ4v) is 3.47. The summed E-state index contributed by atoms with van der Waals surface area (Å²) in [6.07, 6.45) is 1.12. The second-order valence-corrected chi connectivity index (χ2v) is 7.21. The van der Waals surface area contributed by atoms with Crippen LogP contribution in [-0.2, 0) is 22.5 Å². The summed E-state index contributed by atoms with van der Waals surface area (Å²) in [7, 11) is 5.08. The maximum Gasteiger partial charge on any atom is 0.222 e. The summed E-state index contributed by atoms with van der Waals surface area (Å²) in [5, 5.41) is 0. The Labute approximate surface area is 173 Å². The molecule has 0 unspecified atom stereocenters. The SMILES string of the molecule is COc1ccc(CCC(=O)N(C)Cc2ccc(N3CCOCC3)cc2)cc1OC. The van der Waals surface area contributed by atoms with Crippen LogP contribution in [0.1, 0.15) is 17.5 Å². The molecule has 3 rings (SSSR count). The summed E-state index contributed by atoms with van der Waals surface area (Å²) in [4.78, 5) is 16.7. The smallest absolute Gasteiger partial charge is 0.222 e. The van der Waals surface area contributed by atoms with Crippen molar-refractivity contribution in [3.63, 3.8) is 0 Å². The minimum absolute atomic E-state index is 0.122. The summed E-state index contributed by atoms with van der Waals surface area (Å²) in [5.41, 5.74) is 3.39. The van der Waals surface area contributed by atoms with Crippen molar-refractivity contribution in [1.82, 2.24) is 4.90 Å². The molecule has 0 spiro atoms. The van der Waals surface area contributed by atoms with Crippen molar-refractivity contribution in [2.45, 2.75) is 19.4 Å². The van der Waals surface area contributed by atoms with Crippen molar-refractivity contribution in [3.8, 4) is 11.5 Å². The van der Waals surface area contributed by atoms with Gasteiger partial charge in [-0.3, -0.25) is 4.79 Å². The third-order valence-electron chi connectivity index (χ3n) is 5.23. The number of nitrogens with zero attached hydrogens (tertiary/aromatic N) is 2. The molecule has 0 radical (unpaired) electrons. The van der Waals surface area contributed by atoms with Crippen LogP contribution in [0.15, 0.2) is 42.5 Å². The highest BCUT2D eigenvalue weighted by Gasteiger charge is 2.13. The van der Waals surface area contributed by atoms with Crippen molar-refractivity contribution >= 4 is 11.6 Å². The average molecular weight is 399 g/mol. The van der Waals surface area contributed by atoms with Gasteiger partial charge in [0.25, 0.3) is 0 Å². The summed E-state index contributed by atoms with van der Waals surface area (Å²) in [6.45, 7) is 4.01. The molecule has 0 aromatic heterocycles. The van der Waals surface area contributed by atoms with E-state index in [1.165, 1.54) is 5.69 Å². The first-order chi connectivity index (χ1) is 14.1. The first-order valence-electron chi connectivity index (χ1n) is 9.97. The minimum atomic E-state index is 0.122. The summed E-state index contributed by atoms with van der Waals surface area (Å²) >= 11 is 0. The highest BCUT2D eigenvalue weighted by molar-refractivity contribution is 5.76. The lowest BCUT2D eigenvalue weighted by Gasteiger charge is -2.29. The van der Waals surface area contributed by atoms with E-state index >= 15 is 0 Å². The summed E-state index contributed by atoms with van der Waals surface area (Å²) < 4.78 is 16.0. The molecular formula is C23H30N2O4. The molecule has 1 aliphatic heterocycles. The van der Waals surface area contributed by atoms with Crippen molar-refractivity contribution in [2.75, 3.05) is 52.5 Å². The minimum Gasteiger partial charge on any atom is -0.493 e. The zero-order valence-electron chi connectivity index (χ0n) is 17.5. The number of carbonyl (C=O) groups excluding carboxylic acids is 1. The fourth-order valence-electron chi connectivity index (χ4n) is 3.47. The number of morpholine rings is 1. The Morgan fingerprint density at radius 3 is 2.31 bits per heavy atom. The molecule has 6 nitrogen and oxygen atoms in total. The standard InChI is InChI=1S/C23H30N2O4/c1-24(17-19-4-8-20(9-5-19)25-12-14-29-15-13-25)23(26)11-7-18-6-10-21(27-2)22(16-18)28-3/h4-6,8-10,16H,7,11-15,17H2,1-3H3. The lowest BCUT2D eigenvalue weighted by Crippen LogP contribution is -2.36. The predicted octanol–water partition coefficient (Wildman–Crippen LogP) is 3.13. The van der Waals surface area contributed by atoms with Gasteiger partial charge in [0.05, 0.1) is 27.4 Å². The number of aryl methyl sites for hydroxylation is 1. The zero-order chi connectivity index (χ0) is 20.6. The molecule has 0 N–H and O–H groups in total. The lowest BCUT2D eigenvalue weighted by atomic mass is 10.1. The fraction of sp³-hybridized carbons (Fsp3) is 0.435. The Morgan fingerprint density at radius 1 is 1.00 bits per heavy atom. The lowest BCUT2D eigenvalue weighted by molar-refractivity contribution is -0.130. The van der Waals surface area contributed by atoms with Gasteiger partial charge in [0.15, 0.2) is 11.5 Å². The Balaban J connectivity index is 1.51. The van der Waals surface area contributed by atoms with Crippen LogP contribution in [0.4, 0.5) is 5.69 Å². The van der Waals surface area contributed by atoms with Crippen LogP contribution in [0.2, 0.25) is 0 Å². The Bertz CT molecular complexity index is 801. The van der Waals surface area contributed by atoms with E-state index in [-0.39, 0.29) is 5.91 Å². The molecular weight excluding hydrogens is 368 g/mol. The number of hydrogen-bond acceptors (Lipinski definition) is 5. The van der Waals surface area contributed by atoms with Gasteiger partial charge in [-0.2, -0.15) is 0 Å². The van der Waals surface area contributed by atoms with Gasteiger partial charge >= 0.3 is 0 Å². The number of anilines is 1. The number of carbonyl (C=O) groups is 1. The average Bonchev–Trinajstić information content (AvgIpc) is 2.78. The van der Waals surface area contributed by atoms with E-state index in [4.69, 9.17) is 14.2 Å². The Kier molecular flexibility index (Phi) is 7.36. The van der Waals surface area contributed by atoms with Gasteiger partial charge in [-0.15, -0.1) is 0 Å². The molecule has 6 heteroatoms. The van der Waals surface area contributed by atoms with Crippen LogP contribution >= 0.6 is 0 Å². The monoisotopic (exact) mass is 398 g/mol. The molecule has 1 aliphatic rings. The van der Waals surface area contributed by atoms with Gasteiger partial charge in [-0.05, 0) is 41.8 Å². The number of methoxy groups -OCH3 is 2. The van der Waals surface area contributed by atoms with Gasteiger partial charge < -0.3 is 24.0 Å². The topological polar surface area (TPSA) is 51.2 Å². The first-order valence-corrected chi connectivity index (χ1v) is 9.97. The van der Waals surface area contributed by atoms with E-state index in [1.54, 1.807) is 19.1 Å². The molecule has 1 fully saturated rings. The Hall–Kier alpha value is -2.73. The number of rotatable bonds is 8. The van der Waals surface area contributed by atoms with Gasteiger partial charge in [-0.25, -0.2) is 0 Å². The number of amides is 1. The number of ether oxygens (including phenoxy) is 3. The van der Waals surface area contributed by atoms with Crippen LogP contribution in [0.25, 0.3) is 0 Å². The third-order valence-corrected chi connectivity index (χ3v) is 5.23. The third kappa shape index (κ3) is 5.64. The van der Waals surface area contributed by atoms with E-state index in [0.29, 0.717) is 30.9 Å². The molecule has 1 heterocycles. The quantitative estimate of drug-likeness (QED) is 0.684. The van der Waals surface area contributed by atoms with Crippen LogP contribution in [0.5, 0.6) is 11.5 Å². The van der Waals surface area contributed by atoms with Gasteiger partial charge in [-0.1, -0.05) is 18.2 Å². The van der Waals surface area contributed by atoms with Crippen molar-refractivity contribution in [1.29, 1.82) is 0 Å². The maximum atomic E-state index is 12.6. The molecule has 1 amide bonds. The Morgan fingerprint density at radius 2 is 1.66 bits per heavy atom. The van der Waals surface area contributed by atoms with E-state index in [0.717, 1.165) is 37.4 Å². The molecule has 1 saturated heterocycles. The zero-order valence-corrected chi connectivity index (χ0v) is 17.5. The molecule has 29 heavy (non-hydrogen) atoms. The van der Waals surface area contributed by atoms with E-state index < -0.39 is 0 Å². The molecule has 0 atom stereocenters. The molecule has 2 aromatic rings. The van der Waals surface area contributed by atoms with Crippen LogP contribution < -0.4 is 14.4 Å². The predicted molar refractivity (Wildman–Crippen MR) is 114 cm³/mol. The van der Waals surface area contributed by atoms with Crippen molar-refractivity contribution in [2.24, 2.45) is 0 Å². The first kappa shape index (κ1) is 21.0. The molecule has 156 valence electrons. The number of hydrogen-bond donors (Lipinski definition) is 0. The molecule has 2 aromatic carbocycles. The maximum absolute atomic E-state index is 12.6. The van der Waals surface area contributed by atoms with Gasteiger partial charge in [0, 0.05) is 38.8 Å². The number of benzene rings is 2. The summed E-state index contributed by atoms with van der Waals surface area (Å²) in [5.74, 6) is 1.50. The van der Waals surface area contributed by atoms with Crippen LogP contribution in [-0.4, -0.2) is 58.4 Å². The second-order valence-electron chi connectivity index (χ2n) is 7.21. The summed E-state index contributed by atoms with van der Waals surface area (Å²) in [6, 6.07) is 14.2. The van der Waals surface area contributed by atoms with Gasteiger partial charge in [0.2, 0.25) is 5.91 Å². The van der Waals surface area contributed by atoms with Crippen molar-refractivity contribution < 1.29 is 19.0 Å².